The largest absolute Gasteiger partial charge is 0.496 e. The number of nitrogens with zero attached hydrogens (tertiary/aromatic N) is 2. The summed E-state index contributed by atoms with van der Waals surface area (Å²) < 4.78 is 12.2. The smallest absolute Gasteiger partial charge is 0.262 e. The van der Waals surface area contributed by atoms with Crippen LogP contribution in [-0.2, 0) is 17.7 Å². The Balaban J connectivity index is 2.20. The molecule has 0 spiro atoms. The summed E-state index contributed by atoms with van der Waals surface area (Å²) >= 11 is 1.51. The van der Waals surface area contributed by atoms with Gasteiger partial charge >= 0.3 is 0 Å². The van der Waals surface area contributed by atoms with E-state index in [-0.39, 0.29) is 5.56 Å². The molecule has 0 unspecified atom stereocenters. The third-order valence-corrected chi connectivity index (χ3v) is 5.19. The van der Waals surface area contributed by atoms with E-state index < -0.39 is 0 Å². The topological polar surface area (TPSA) is 53.3 Å². The molecule has 0 N–H and O–H groups in total. The monoisotopic (exact) mass is 358 g/mol. The van der Waals surface area contributed by atoms with Crippen LogP contribution in [0.1, 0.15) is 18.3 Å². The van der Waals surface area contributed by atoms with E-state index >= 15 is 0 Å². The van der Waals surface area contributed by atoms with Gasteiger partial charge in [-0.2, -0.15) is 0 Å². The third kappa shape index (κ3) is 3.19. The molecule has 132 valence electrons. The van der Waals surface area contributed by atoms with Crippen LogP contribution >= 0.6 is 11.3 Å². The van der Waals surface area contributed by atoms with E-state index in [2.05, 4.69) is 0 Å². The van der Waals surface area contributed by atoms with Crippen LogP contribution in [-0.4, -0.2) is 30.4 Å². The Kier molecular flexibility index (Phi) is 5.20. The molecule has 0 atom stereocenters. The molecule has 0 aliphatic carbocycles. The first-order valence-corrected chi connectivity index (χ1v) is 9.13. The summed E-state index contributed by atoms with van der Waals surface area (Å²) in [6.07, 6.45) is 0.712. The van der Waals surface area contributed by atoms with Gasteiger partial charge in [0.1, 0.15) is 16.4 Å². The van der Waals surface area contributed by atoms with Crippen LogP contribution in [0.3, 0.4) is 0 Å². The first-order chi connectivity index (χ1) is 12.1. The number of fused-ring (bicyclic) bond motifs is 1. The van der Waals surface area contributed by atoms with Crippen LogP contribution in [0.15, 0.2) is 28.4 Å². The van der Waals surface area contributed by atoms with Crippen molar-refractivity contribution in [2.75, 3.05) is 20.8 Å². The molecule has 2 heterocycles. The van der Waals surface area contributed by atoms with Gasteiger partial charge in [0.25, 0.3) is 5.56 Å². The van der Waals surface area contributed by atoms with Crippen molar-refractivity contribution in [1.29, 1.82) is 0 Å². The quantitative estimate of drug-likeness (QED) is 0.675. The Hall–Kier alpha value is -2.18. The van der Waals surface area contributed by atoms with E-state index in [0.29, 0.717) is 25.0 Å². The molecule has 0 bridgehead atoms. The lowest BCUT2D eigenvalue weighted by Crippen LogP contribution is -2.26. The number of thiophene rings is 1. The highest BCUT2D eigenvalue weighted by Gasteiger charge is 2.16. The first kappa shape index (κ1) is 17.6. The number of aryl methyl sites for hydroxylation is 2. The first-order valence-electron chi connectivity index (χ1n) is 8.25. The third-order valence-electron chi connectivity index (χ3n) is 4.31. The van der Waals surface area contributed by atoms with Gasteiger partial charge in [-0.25, -0.2) is 4.98 Å². The highest BCUT2D eigenvalue weighted by atomic mass is 32.1. The number of ether oxygens (including phenoxy) is 2. The van der Waals surface area contributed by atoms with Crippen molar-refractivity contribution >= 4 is 21.6 Å². The maximum absolute atomic E-state index is 13.1. The van der Waals surface area contributed by atoms with Crippen LogP contribution < -0.4 is 10.3 Å². The minimum Gasteiger partial charge on any atom is -0.496 e. The molecule has 3 aromatic rings. The number of benzene rings is 1. The summed E-state index contributed by atoms with van der Waals surface area (Å²) in [6, 6.07) is 5.97. The lowest BCUT2D eigenvalue weighted by molar-refractivity contribution is 0.185. The van der Waals surface area contributed by atoms with Gasteiger partial charge < -0.3 is 9.47 Å². The molecule has 6 heteroatoms. The molecule has 0 aliphatic heterocycles. The molecule has 25 heavy (non-hydrogen) atoms. The van der Waals surface area contributed by atoms with E-state index in [4.69, 9.17) is 14.5 Å². The summed E-state index contributed by atoms with van der Waals surface area (Å²) in [5, 5.41) is 2.70. The molecule has 0 saturated carbocycles. The molecule has 3 rings (SSSR count). The lowest BCUT2D eigenvalue weighted by Gasteiger charge is -2.11. The van der Waals surface area contributed by atoms with Gasteiger partial charge in [0.15, 0.2) is 0 Å². The van der Waals surface area contributed by atoms with Crippen molar-refractivity contribution in [3.05, 3.63) is 45.3 Å². The van der Waals surface area contributed by atoms with Crippen LogP contribution in [0.4, 0.5) is 0 Å². The Morgan fingerprint density at radius 2 is 2.08 bits per heavy atom. The van der Waals surface area contributed by atoms with Crippen molar-refractivity contribution < 1.29 is 9.47 Å². The van der Waals surface area contributed by atoms with E-state index in [1.807, 2.05) is 37.4 Å². The van der Waals surface area contributed by atoms with Gasteiger partial charge in [-0.05, 0) is 30.2 Å². The molecule has 2 aromatic heterocycles. The van der Waals surface area contributed by atoms with Crippen LogP contribution in [0.2, 0.25) is 0 Å². The predicted molar refractivity (Wildman–Crippen MR) is 102 cm³/mol. The number of hydrogen-bond donors (Lipinski definition) is 0. The zero-order valence-electron chi connectivity index (χ0n) is 15.0. The minimum absolute atomic E-state index is 0.00335. The zero-order chi connectivity index (χ0) is 18.0. The number of rotatable bonds is 6. The molecular formula is C19H22N2O3S. The minimum atomic E-state index is 0.00335. The van der Waals surface area contributed by atoms with E-state index in [9.17, 15) is 4.79 Å². The van der Waals surface area contributed by atoms with Crippen LogP contribution in [0.25, 0.3) is 21.3 Å². The second-order valence-corrected chi connectivity index (χ2v) is 6.70. The van der Waals surface area contributed by atoms with Crippen molar-refractivity contribution in [3.63, 3.8) is 0 Å². The van der Waals surface area contributed by atoms with Gasteiger partial charge in [0.05, 0.1) is 25.6 Å². The van der Waals surface area contributed by atoms with Gasteiger partial charge in [-0.15, -0.1) is 11.3 Å². The Morgan fingerprint density at radius 3 is 2.72 bits per heavy atom. The molecule has 0 saturated heterocycles. The van der Waals surface area contributed by atoms with E-state index in [1.165, 1.54) is 11.3 Å². The fraction of sp³-hybridized carbons (Fsp3) is 0.368. The molecule has 5 nitrogen and oxygen atoms in total. The highest BCUT2D eigenvalue weighted by Crippen LogP contribution is 2.33. The van der Waals surface area contributed by atoms with Crippen molar-refractivity contribution in [3.8, 4) is 16.9 Å². The van der Waals surface area contributed by atoms with Crippen molar-refractivity contribution in [2.24, 2.45) is 0 Å². The predicted octanol–water partition coefficient (Wildman–Crippen LogP) is 3.65. The lowest BCUT2D eigenvalue weighted by atomic mass is 10.0. The van der Waals surface area contributed by atoms with Gasteiger partial charge in [0, 0.05) is 24.5 Å². The molecule has 0 aliphatic rings. The van der Waals surface area contributed by atoms with Gasteiger partial charge in [-0.1, -0.05) is 13.0 Å². The average Bonchev–Trinajstić information content (AvgIpc) is 3.04. The summed E-state index contributed by atoms with van der Waals surface area (Å²) in [7, 11) is 3.30. The summed E-state index contributed by atoms with van der Waals surface area (Å²) in [5.74, 6) is 1.64. The van der Waals surface area contributed by atoms with Crippen LogP contribution in [0.5, 0.6) is 5.75 Å². The molecule has 1 aromatic carbocycles. The normalized spacial score (nSPS) is 11.2. The average molecular weight is 358 g/mol. The second kappa shape index (κ2) is 7.37. The number of aromatic nitrogens is 2. The SMILES string of the molecule is CCc1nc2scc(-c3ccc(OC)c(C)c3)c2c(=O)n1CCOC. The Labute approximate surface area is 150 Å². The fourth-order valence-corrected chi connectivity index (χ4v) is 3.96. The molecule has 0 fully saturated rings. The number of methoxy groups -OCH3 is 2. The molecule has 0 amide bonds. The maximum atomic E-state index is 13.1. The van der Waals surface area contributed by atoms with Crippen molar-refractivity contribution in [2.45, 2.75) is 26.8 Å². The highest BCUT2D eigenvalue weighted by molar-refractivity contribution is 7.17. The Bertz CT molecular complexity index is 959. The molecule has 0 radical (unpaired) electrons. The maximum Gasteiger partial charge on any atom is 0.262 e. The fourth-order valence-electron chi connectivity index (χ4n) is 3.01. The summed E-state index contributed by atoms with van der Waals surface area (Å²) in [4.78, 5) is 18.6. The van der Waals surface area contributed by atoms with Gasteiger partial charge in [0.2, 0.25) is 0 Å². The zero-order valence-corrected chi connectivity index (χ0v) is 15.8. The number of hydrogen-bond acceptors (Lipinski definition) is 5. The summed E-state index contributed by atoms with van der Waals surface area (Å²) in [5.41, 5.74) is 2.98. The summed E-state index contributed by atoms with van der Waals surface area (Å²) in [6.45, 7) is 5.01. The van der Waals surface area contributed by atoms with Crippen molar-refractivity contribution in [1.82, 2.24) is 9.55 Å². The van der Waals surface area contributed by atoms with E-state index in [1.54, 1.807) is 18.8 Å². The van der Waals surface area contributed by atoms with E-state index in [0.717, 1.165) is 33.1 Å². The van der Waals surface area contributed by atoms with Crippen LogP contribution in [0, 0.1) is 6.92 Å². The standard InChI is InChI=1S/C19H22N2O3S/c1-5-16-20-18-17(19(22)21(16)8-9-23-3)14(11-25-18)13-6-7-15(24-4)12(2)10-13/h6-7,10-11H,5,8-9H2,1-4H3. The van der Waals surface area contributed by atoms with Gasteiger partial charge in [-0.3, -0.25) is 9.36 Å². The Morgan fingerprint density at radius 1 is 1.28 bits per heavy atom. The second-order valence-electron chi connectivity index (χ2n) is 5.85. The molecular weight excluding hydrogens is 336 g/mol.